The van der Waals surface area contributed by atoms with Gasteiger partial charge in [-0.1, -0.05) is 32.9 Å². The lowest BCUT2D eigenvalue weighted by molar-refractivity contribution is -0.141. The van der Waals surface area contributed by atoms with Gasteiger partial charge in [-0.25, -0.2) is 0 Å². The standard InChI is InChI=1S/C21H31N3O3/c1-21(2,3)16-6-8-18(9-7-16)27-15-20(26)23-11-4-5-17(14-23)24-12-10-22-13-19(24)25/h6-9,17,22H,4-5,10-15H2,1-3H3. The summed E-state index contributed by atoms with van der Waals surface area (Å²) in [7, 11) is 0. The Kier molecular flexibility index (Phi) is 6.05. The Morgan fingerprint density at radius 3 is 2.63 bits per heavy atom. The van der Waals surface area contributed by atoms with Gasteiger partial charge in [0.2, 0.25) is 5.91 Å². The lowest BCUT2D eigenvalue weighted by atomic mass is 9.87. The average Bonchev–Trinajstić information content (AvgIpc) is 2.66. The van der Waals surface area contributed by atoms with E-state index in [0.717, 1.165) is 32.5 Å². The molecule has 148 valence electrons. The van der Waals surface area contributed by atoms with Gasteiger partial charge >= 0.3 is 0 Å². The van der Waals surface area contributed by atoms with Crippen molar-refractivity contribution in [1.82, 2.24) is 15.1 Å². The molecule has 3 rings (SSSR count). The number of amides is 2. The Hall–Kier alpha value is -2.08. The summed E-state index contributed by atoms with van der Waals surface area (Å²) in [6.07, 6.45) is 1.89. The topological polar surface area (TPSA) is 61.9 Å². The second-order valence-electron chi connectivity index (χ2n) is 8.46. The van der Waals surface area contributed by atoms with Crippen molar-refractivity contribution >= 4 is 11.8 Å². The summed E-state index contributed by atoms with van der Waals surface area (Å²) in [6.45, 7) is 9.84. The van der Waals surface area contributed by atoms with Crippen LogP contribution in [0.2, 0.25) is 0 Å². The molecule has 1 unspecified atom stereocenters. The first-order valence-electron chi connectivity index (χ1n) is 9.86. The zero-order valence-electron chi connectivity index (χ0n) is 16.7. The van der Waals surface area contributed by atoms with E-state index in [-0.39, 0.29) is 29.9 Å². The number of rotatable bonds is 4. The molecule has 2 aliphatic heterocycles. The van der Waals surface area contributed by atoms with Crippen molar-refractivity contribution in [3.8, 4) is 5.75 Å². The Morgan fingerprint density at radius 1 is 1.22 bits per heavy atom. The molecular weight excluding hydrogens is 342 g/mol. The van der Waals surface area contributed by atoms with E-state index in [1.165, 1.54) is 5.56 Å². The lowest BCUT2D eigenvalue weighted by Gasteiger charge is -2.41. The summed E-state index contributed by atoms with van der Waals surface area (Å²) in [6, 6.07) is 8.07. The molecule has 2 amide bonds. The van der Waals surface area contributed by atoms with E-state index >= 15 is 0 Å². The number of carbonyl (C=O) groups excluding carboxylic acids is 2. The van der Waals surface area contributed by atoms with Crippen molar-refractivity contribution in [2.24, 2.45) is 0 Å². The third-order valence-electron chi connectivity index (χ3n) is 5.40. The fourth-order valence-corrected chi connectivity index (χ4v) is 3.73. The Bertz CT molecular complexity index is 666. The van der Waals surface area contributed by atoms with Crippen molar-refractivity contribution in [2.75, 3.05) is 39.3 Å². The first-order valence-corrected chi connectivity index (χ1v) is 9.86. The molecule has 0 spiro atoms. The highest BCUT2D eigenvalue weighted by atomic mass is 16.5. The molecule has 0 bridgehead atoms. The summed E-state index contributed by atoms with van der Waals surface area (Å²) in [4.78, 5) is 28.5. The Labute approximate surface area is 161 Å². The van der Waals surface area contributed by atoms with Gasteiger partial charge in [0, 0.05) is 32.2 Å². The Balaban J connectivity index is 1.52. The minimum Gasteiger partial charge on any atom is -0.484 e. The van der Waals surface area contributed by atoms with E-state index < -0.39 is 0 Å². The highest BCUT2D eigenvalue weighted by Gasteiger charge is 2.31. The SMILES string of the molecule is CC(C)(C)c1ccc(OCC(=O)N2CCCC(N3CCNCC3=O)C2)cc1. The number of carbonyl (C=O) groups is 2. The number of piperazine rings is 1. The lowest BCUT2D eigenvalue weighted by Crippen LogP contribution is -2.57. The van der Waals surface area contributed by atoms with Crippen LogP contribution in [0, 0.1) is 0 Å². The van der Waals surface area contributed by atoms with E-state index in [1.54, 1.807) is 0 Å². The van der Waals surface area contributed by atoms with Gasteiger partial charge in [-0.05, 0) is 36.0 Å². The monoisotopic (exact) mass is 373 g/mol. The van der Waals surface area contributed by atoms with Crippen LogP contribution in [-0.4, -0.2) is 67.0 Å². The van der Waals surface area contributed by atoms with E-state index in [0.29, 0.717) is 18.8 Å². The molecule has 1 aromatic rings. The quantitative estimate of drug-likeness (QED) is 0.874. The zero-order valence-corrected chi connectivity index (χ0v) is 16.7. The molecule has 6 heteroatoms. The van der Waals surface area contributed by atoms with Crippen molar-refractivity contribution < 1.29 is 14.3 Å². The van der Waals surface area contributed by atoms with E-state index in [2.05, 4.69) is 26.1 Å². The number of nitrogens with zero attached hydrogens (tertiary/aromatic N) is 2. The number of likely N-dealkylation sites (tertiary alicyclic amines) is 1. The first-order chi connectivity index (χ1) is 12.8. The molecule has 0 aliphatic carbocycles. The average molecular weight is 373 g/mol. The maximum absolute atomic E-state index is 12.6. The highest BCUT2D eigenvalue weighted by Crippen LogP contribution is 2.24. The summed E-state index contributed by atoms with van der Waals surface area (Å²) in [5.41, 5.74) is 1.33. The van der Waals surface area contributed by atoms with Crippen molar-refractivity contribution in [2.45, 2.75) is 45.1 Å². The molecule has 2 heterocycles. The van der Waals surface area contributed by atoms with Gasteiger partial charge in [-0.3, -0.25) is 9.59 Å². The maximum Gasteiger partial charge on any atom is 0.260 e. The predicted octanol–water partition coefficient (Wildman–Crippen LogP) is 1.79. The minimum absolute atomic E-state index is 0.0119. The van der Waals surface area contributed by atoms with Crippen LogP contribution in [0.3, 0.4) is 0 Å². The molecule has 1 aromatic carbocycles. The summed E-state index contributed by atoms with van der Waals surface area (Å²) in [5.74, 6) is 0.833. The third-order valence-corrected chi connectivity index (χ3v) is 5.40. The molecular formula is C21H31N3O3. The van der Waals surface area contributed by atoms with Gasteiger partial charge in [0.15, 0.2) is 6.61 Å². The predicted molar refractivity (Wildman–Crippen MR) is 105 cm³/mol. The van der Waals surface area contributed by atoms with Crippen molar-refractivity contribution in [1.29, 1.82) is 0 Å². The van der Waals surface area contributed by atoms with E-state index in [9.17, 15) is 9.59 Å². The molecule has 2 fully saturated rings. The maximum atomic E-state index is 12.6. The second kappa shape index (κ2) is 8.30. The number of nitrogens with one attached hydrogen (secondary N) is 1. The fraction of sp³-hybridized carbons (Fsp3) is 0.619. The normalized spacial score (nSPS) is 21.3. The van der Waals surface area contributed by atoms with Crippen LogP contribution in [0.25, 0.3) is 0 Å². The van der Waals surface area contributed by atoms with E-state index in [4.69, 9.17) is 4.74 Å². The van der Waals surface area contributed by atoms with E-state index in [1.807, 2.05) is 34.1 Å². The number of ether oxygens (including phenoxy) is 1. The van der Waals surface area contributed by atoms with Crippen LogP contribution in [0.1, 0.15) is 39.2 Å². The van der Waals surface area contributed by atoms with Gasteiger partial charge in [0.05, 0.1) is 6.54 Å². The van der Waals surface area contributed by atoms with Gasteiger partial charge in [0.1, 0.15) is 5.75 Å². The molecule has 0 saturated carbocycles. The largest absolute Gasteiger partial charge is 0.484 e. The first kappa shape index (κ1) is 19.7. The summed E-state index contributed by atoms with van der Waals surface area (Å²) < 4.78 is 5.71. The molecule has 1 atom stereocenters. The van der Waals surface area contributed by atoms with Crippen LogP contribution in [0.5, 0.6) is 5.75 Å². The van der Waals surface area contributed by atoms with Crippen molar-refractivity contribution in [3.63, 3.8) is 0 Å². The van der Waals surface area contributed by atoms with Crippen LogP contribution in [-0.2, 0) is 15.0 Å². The van der Waals surface area contributed by atoms with Crippen LogP contribution in [0.15, 0.2) is 24.3 Å². The molecule has 27 heavy (non-hydrogen) atoms. The van der Waals surface area contributed by atoms with Crippen LogP contribution >= 0.6 is 0 Å². The molecule has 1 N–H and O–H groups in total. The fourth-order valence-electron chi connectivity index (χ4n) is 3.73. The second-order valence-corrected chi connectivity index (χ2v) is 8.46. The number of hydrogen-bond donors (Lipinski definition) is 1. The zero-order chi connectivity index (χ0) is 19.4. The summed E-state index contributed by atoms with van der Waals surface area (Å²) >= 11 is 0. The highest BCUT2D eigenvalue weighted by molar-refractivity contribution is 5.80. The summed E-state index contributed by atoms with van der Waals surface area (Å²) in [5, 5.41) is 3.10. The number of piperidine rings is 1. The molecule has 2 saturated heterocycles. The minimum atomic E-state index is -0.0119. The number of hydrogen-bond acceptors (Lipinski definition) is 4. The van der Waals surface area contributed by atoms with Crippen LogP contribution in [0.4, 0.5) is 0 Å². The molecule has 6 nitrogen and oxygen atoms in total. The molecule has 0 aromatic heterocycles. The third kappa shape index (κ3) is 5.01. The van der Waals surface area contributed by atoms with Gasteiger partial charge in [-0.15, -0.1) is 0 Å². The smallest absolute Gasteiger partial charge is 0.260 e. The van der Waals surface area contributed by atoms with Crippen molar-refractivity contribution in [3.05, 3.63) is 29.8 Å². The van der Waals surface area contributed by atoms with Gasteiger partial charge in [0.25, 0.3) is 5.91 Å². The van der Waals surface area contributed by atoms with Crippen LogP contribution < -0.4 is 10.1 Å². The Morgan fingerprint density at radius 2 is 1.96 bits per heavy atom. The molecule has 2 aliphatic rings. The van der Waals surface area contributed by atoms with Gasteiger partial charge in [-0.2, -0.15) is 0 Å². The number of benzene rings is 1. The van der Waals surface area contributed by atoms with Gasteiger partial charge < -0.3 is 19.9 Å². The molecule has 0 radical (unpaired) electrons.